The predicted octanol–water partition coefficient (Wildman–Crippen LogP) is 2.31. The zero-order valence-electron chi connectivity index (χ0n) is 12.7. The Kier molecular flexibility index (Phi) is 5.61. The third kappa shape index (κ3) is 3.75. The SMILES string of the molecule is CCCNc1ccccc1S(=O)(=O)N1CCC(OC)CC1. The summed E-state index contributed by atoms with van der Waals surface area (Å²) in [6.45, 7) is 3.85. The normalized spacial score (nSPS) is 17.8. The molecule has 1 aromatic carbocycles. The molecule has 0 aliphatic carbocycles. The van der Waals surface area contributed by atoms with Crippen LogP contribution in [0.1, 0.15) is 26.2 Å². The number of nitrogens with zero attached hydrogens (tertiary/aromatic N) is 1. The van der Waals surface area contributed by atoms with Gasteiger partial charge in [-0.3, -0.25) is 0 Å². The van der Waals surface area contributed by atoms with E-state index in [-0.39, 0.29) is 6.10 Å². The van der Waals surface area contributed by atoms with E-state index in [1.165, 1.54) is 0 Å². The second-order valence-corrected chi connectivity index (χ2v) is 7.17. The second-order valence-electron chi connectivity index (χ2n) is 5.26. The van der Waals surface area contributed by atoms with Crippen LogP contribution in [0.25, 0.3) is 0 Å². The maximum atomic E-state index is 12.8. The summed E-state index contributed by atoms with van der Waals surface area (Å²) >= 11 is 0. The van der Waals surface area contributed by atoms with E-state index in [9.17, 15) is 8.42 Å². The lowest BCUT2D eigenvalue weighted by Crippen LogP contribution is -2.40. The largest absolute Gasteiger partial charge is 0.384 e. The van der Waals surface area contributed by atoms with Crippen LogP contribution in [0.15, 0.2) is 29.2 Å². The van der Waals surface area contributed by atoms with E-state index in [2.05, 4.69) is 12.2 Å². The Labute approximate surface area is 127 Å². The minimum atomic E-state index is -3.44. The van der Waals surface area contributed by atoms with Crippen molar-refractivity contribution >= 4 is 15.7 Å². The summed E-state index contributed by atoms with van der Waals surface area (Å²) in [5, 5.41) is 3.20. The number of benzene rings is 1. The standard InChI is InChI=1S/C15H24N2O3S/c1-3-10-16-14-6-4-5-7-15(14)21(18,19)17-11-8-13(20-2)9-12-17/h4-7,13,16H,3,8-12H2,1-2H3. The van der Waals surface area contributed by atoms with Gasteiger partial charge in [-0.2, -0.15) is 4.31 Å². The van der Waals surface area contributed by atoms with Crippen molar-refractivity contribution in [2.24, 2.45) is 0 Å². The van der Waals surface area contributed by atoms with Gasteiger partial charge in [-0.05, 0) is 31.4 Å². The Bertz CT molecular complexity index is 552. The van der Waals surface area contributed by atoms with Crippen LogP contribution in [0, 0.1) is 0 Å². The number of nitrogens with one attached hydrogen (secondary N) is 1. The van der Waals surface area contributed by atoms with Crippen molar-refractivity contribution in [3.63, 3.8) is 0 Å². The molecule has 1 aliphatic rings. The summed E-state index contributed by atoms with van der Waals surface area (Å²) in [6.07, 6.45) is 2.62. The first-order chi connectivity index (χ1) is 10.1. The van der Waals surface area contributed by atoms with Crippen molar-refractivity contribution in [1.82, 2.24) is 4.31 Å². The predicted molar refractivity (Wildman–Crippen MR) is 84.0 cm³/mol. The van der Waals surface area contributed by atoms with Gasteiger partial charge in [0.2, 0.25) is 10.0 Å². The quantitative estimate of drug-likeness (QED) is 0.876. The minimum absolute atomic E-state index is 0.171. The number of para-hydroxylation sites is 1. The van der Waals surface area contributed by atoms with Gasteiger partial charge in [-0.25, -0.2) is 8.42 Å². The number of hydrogen-bond donors (Lipinski definition) is 1. The summed E-state index contributed by atoms with van der Waals surface area (Å²) in [5.74, 6) is 0. The van der Waals surface area contributed by atoms with Crippen molar-refractivity contribution in [3.8, 4) is 0 Å². The van der Waals surface area contributed by atoms with Crippen LogP contribution in [-0.4, -0.2) is 45.6 Å². The van der Waals surface area contributed by atoms with Gasteiger partial charge in [0, 0.05) is 26.7 Å². The highest BCUT2D eigenvalue weighted by molar-refractivity contribution is 7.89. The summed E-state index contributed by atoms with van der Waals surface area (Å²) in [5.41, 5.74) is 0.688. The fourth-order valence-corrected chi connectivity index (χ4v) is 4.18. The van der Waals surface area contributed by atoms with Gasteiger partial charge in [0.05, 0.1) is 11.8 Å². The van der Waals surface area contributed by atoms with Gasteiger partial charge < -0.3 is 10.1 Å². The molecule has 1 saturated heterocycles. The molecule has 0 amide bonds. The lowest BCUT2D eigenvalue weighted by Gasteiger charge is -2.31. The molecule has 0 aromatic heterocycles. The van der Waals surface area contributed by atoms with E-state index < -0.39 is 10.0 Å². The fraction of sp³-hybridized carbons (Fsp3) is 0.600. The van der Waals surface area contributed by atoms with Crippen molar-refractivity contribution < 1.29 is 13.2 Å². The molecule has 1 heterocycles. The van der Waals surface area contributed by atoms with Gasteiger partial charge in [0.25, 0.3) is 0 Å². The minimum Gasteiger partial charge on any atom is -0.384 e. The maximum absolute atomic E-state index is 12.8. The Morgan fingerprint density at radius 2 is 1.95 bits per heavy atom. The van der Waals surface area contributed by atoms with Crippen molar-refractivity contribution in [2.75, 3.05) is 32.1 Å². The first-order valence-electron chi connectivity index (χ1n) is 7.45. The lowest BCUT2D eigenvalue weighted by atomic mass is 10.1. The number of rotatable bonds is 6. The summed E-state index contributed by atoms with van der Waals surface area (Å²) in [6, 6.07) is 7.13. The number of ether oxygens (including phenoxy) is 1. The van der Waals surface area contributed by atoms with Gasteiger partial charge in [-0.15, -0.1) is 0 Å². The molecule has 21 heavy (non-hydrogen) atoms. The Balaban J connectivity index is 2.20. The lowest BCUT2D eigenvalue weighted by molar-refractivity contribution is 0.0604. The fourth-order valence-electron chi connectivity index (χ4n) is 2.54. The molecule has 1 aliphatic heterocycles. The first kappa shape index (κ1) is 16.3. The number of hydrogen-bond acceptors (Lipinski definition) is 4. The monoisotopic (exact) mass is 312 g/mol. The molecule has 118 valence electrons. The molecular formula is C15H24N2O3S. The van der Waals surface area contributed by atoms with E-state index in [1.807, 2.05) is 12.1 Å². The van der Waals surface area contributed by atoms with E-state index in [4.69, 9.17) is 4.74 Å². The Hall–Kier alpha value is -1.11. The Morgan fingerprint density at radius 1 is 1.29 bits per heavy atom. The second kappa shape index (κ2) is 7.24. The van der Waals surface area contributed by atoms with Crippen LogP contribution in [0.5, 0.6) is 0 Å². The third-order valence-electron chi connectivity index (χ3n) is 3.80. The van der Waals surface area contributed by atoms with E-state index >= 15 is 0 Å². The molecule has 1 aromatic rings. The van der Waals surface area contributed by atoms with E-state index in [1.54, 1.807) is 23.5 Å². The molecule has 1 fully saturated rings. The van der Waals surface area contributed by atoms with E-state index in [0.29, 0.717) is 23.7 Å². The number of methoxy groups -OCH3 is 1. The van der Waals surface area contributed by atoms with Crippen molar-refractivity contribution in [2.45, 2.75) is 37.2 Å². The molecule has 0 spiro atoms. The third-order valence-corrected chi connectivity index (χ3v) is 5.76. The van der Waals surface area contributed by atoms with Crippen molar-refractivity contribution in [3.05, 3.63) is 24.3 Å². The molecule has 0 atom stereocenters. The van der Waals surface area contributed by atoms with Crippen LogP contribution < -0.4 is 5.32 Å². The number of anilines is 1. The molecular weight excluding hydrogens is 288 g/mol. The Morgan fingerprint density at radius 3 is 2.57 bits per heavy atom. The van der Waals surface area contributed by atoms with Crippen LogP contribution in [0.2, 0.25) is 0 Å². The molecule has 5 nitrogen and oxygen atoms in total. The highest BCUT2D eigenvalue weighted by Crippen LogP contribution is 2.27. The smallest absolute Gasteiger partial charge is 0.245 e. The van der Waals surface area contributed by atoms with Crippen LogP contribution in [-0.2, 0) is 14.8 Å². The molecule has 0 bridgehead atoms. The van der Waals surface area contributed by atoms with Crippen LogP contribution in [0.3, 0.4) is 0 Å². The summed E-state index contributed by atoms with van der Waals surface area (Å²) < 4.78 is 32.5. The van der Waals surface area contributed by atoms with Crippen LogP contribution in [0.4, 0.5) is 5.69 Å². The average molecular weight is 312 g/mol. The van der Waals surface area contributed by atoms with Gasteiger partial charge in [0.15, 0.2) is 0 Å². The van der Waals surface area contributed by atoms with Gasteiger partial charge in [0.1, 0.15) is 4.90 Å². The highest BCUT2D eigenvalue weighted by Gasteiger charge is 2.30. The summed E-state index contributed by atoms with van der Waals surface area (Å²) in [4.78, 5) is 0.370. The molecule has 1 N–H and O–H groups in total. The number of piperidine rings is 1. The zero-order valence-corrected chi connectivity index (χ0v) is 13.5. The first-order valence-corrected chi connectivity index (χ1v) is 8.89. The van der Waals surface area contributed by atoms with Gasteiger partial charge >= 0.3 is 0 Å². The average Bonchev–Trinajstić information content (AvgIpc) is 2.53. The highest BCUT2D eigenvalue weighted by atomic mass is 32.2. The maximum Gasteiger partial charge on any atom is 0.245 e. The zero-order chi connectivity index (χ0) is 15.3. The van der Waals surface area contributed by atoms with Gasteiger partial charge in [-0.1, -0.05) is 19.1 Å². The molecule has 0 radical (unpaired) electrons. The van der Waals surface area contributed by atoms with E-state index in [0.717, 1.165) is 25.8 Å². The van der Waals surface area contributed by atoms with Crippen LogP contribution >= 0.6 is 0 Å². The molecule has 6 heteroatoms. The molecule has 0 unspecified atom stereocenters. The topological polar surface area (TPSA) is 58.6 Å². The summed E-state index contributed by atoms with van der Waals surface area (Å²) in [7, 11) is -1.76. The molecule has 2 rings (SSSR count). The van der Waals surface area contributed by atoms with Crippen molar-refractivity contribution in [1.29, 1.82) is 0 Å². The number of sulfonamides is 1. The molecule has 0 saturated carbocycles.